The molecule has 0 heterocycles. The van der Waals surface area contributed by atoms with Crippen molar-refractivity contribution in [3.8, 4) is 11.1 Å². The van der Waals surface area contributed by atoms with Gasteiger partial charge in [0.15, 0.2) is 0 Å². The van der Waals surface area contributed by atoms with Crippen molar-refractivity contribution in [1.29, 1.82) is 0 Å². The molecule has 0 saturated carbocycles. The summed E-state index contributed by atoms with van der Waals surface area (Å²) in [5, 5.41) is 5.37. The molecule has 0 saturated heterocycles. The van der Waals surface area contributed by atoms with Crippen LogP contribution in [0.4, 0.5) is 14.4 Å². The van der Waals surface area contributed by atoms with Gasteiger partial charge in [-0.1, -0.05) is 48.5 Å². The van der Waals surface area contributed by atoms with E-state index in [0.29, 0.717) is 11.3 Å². The number of hydrogen-bond donors (Lipinski definition) is 2. The number of ether oxygens (including phenoxy) is 1. The average Bonchev–Trinajstić information content (AvgIpc) is 3.09. The van der Waals surface area contributed by atoms with Crippen molar-refractivity contribution >= 4 is 22.0 Å². The number of alkyl carbamates (subject to hydrolysis) is 1. The molecule has 1 aliphatic carbocycles. The van der Waals surface area contributed by atoms with Crippen LogP contribution in [-0.2, 0) is 21.5 Å². The Balaban J connectivity index is 1.43. The maximum atomic E-state index is 13.4. The highest BCUT2D eigenvalue weighted by Gasteiger charge is 2.29. The topological polar surface area (TPSA) is 84.5 Å². The standard InChI is InChI=1S/C23H21FN2O4S/c1-25-16-10-15(11-17(12-16)31(24,28)29)13-26-23(27)30-14-22-20-8-4-2-6-18(20)19-7-3-5-9-21(19)22/h2-12,22,25H,13-14H2,1H3,(H,26,27). The lowest BCUT2D eigenvalue weighted by atomic mass is 9.98. The fourth-order valence-corrected chi connectivity index (χ4v) is 4.43. The van der Waals surface area contributed by atoms with Gasteiger partial charge in [0.05, 0.1) is 0 Å². The van der Waals surface area contributed by atoms with Crippen LogP contribution in [0.15, 0.2) is 71.6 Å². The second-order valence-corrected chi connectivity index (χ2v) is 8.58. The summed E-state index contributed by atoms with van der Waals surface area (Å²) in [5.41, 5.74) is 5.33. The molecule has 6 nitrogen and oxygen atoms in total. The maximum absolute atomic E-state index is 13.4. The molecule has 0 unspecified atom stereocenters. The van der Waals surface area contributed by atoms with E-state index in [-0.39, 0.29) is 19.1 Å². The highest BCUT2D eigenvalue weighted by Crippen LogP contribution is 2.44. The quantitative estimate of drug-likeness (QED) is 0.554. The second-order valence-electron chi connectivity index (χ2n) is 7.23. The van der Waals surface area contributed by atoms with Gasteiger partial charge in [-0.15, -0.1) is 3.89 Å². The van der Waals surface area contributed by atoms with Crippen LogP contribution in [-0.4, -0.2) is 28.2 Å². The summed E-state index contributed by atoms with van der Waals surface area (Å²) in [7, 11) is -3.27. The number of rotatable bonds is 6. The number of benzene rings is 3. The molecule has 0 fully saturated rings. The summed E-state index contributed by atoms with van der Waals surface area (Å²) in [6.45, 7) is 0.162. The zero-order valence-corrected chi connectivity index (χ0v) is 17.6. The Morgan fingerprint density at radius 1 is 1.00 bits per heavy atom. The van der Waals surface area contributed by atoms with Gasteiger partial charge < -0.3 is 15.4 Å². The van der Waals surface area contributed by atoms with Crippen molar-refractivity contribution < 1.29 is 21.8 Å². The van der Waals surface area contributed by atoms with E-state index in [1.165, 1.54) is 12.1 Å². The molecule has 31 heavy (non-hydrogen) atoms. The van der Waals surface area contributed by atoms with Crippen LogP contribution in [0.2, 0.25) is 0 Å². The lowest BCUT2D eigenvalue weighted by Gasteiger charge is -2.15. The first-order chi connectivity index (χ1) is 14.9. The van der Waals surface area contributed by atoms with E-state index < -0.39 is 21.2 Å². The number of carbonyl (C=O) groups is 1. The zero-order chi connectivity index (χ0) is 22.0. The Kier molecular flexibility index (Phi) is 5.65. The van der Waals surface area contributed by atoms with Gasteiger partial charge in [-0.2, -0.15) is 8.42 Å². The Hall–Kier alpha value is -3.39. The zero-order valence-electron chi connectivity index (χ0n) is 16.8. The third-order valence-corrected chi connectivity index (χ3v) is 6.12. The Morgan fingerprint density at radius 3 is 2.19 bits per heavy atom. The smallest absolute Gasteiger partial charge is 0.407 e. The van der Waals surface area contributed by atoms with Gasteiger partial charge in [0.25, 0.3) is 0 Å². The van der Waals surface area contributed by atoms with E-state index in [2.05, 4.69) is 22.8 Å². The van der Waals surface area contributed by atoms with Crippen molar-refractivity contribution in [1.82, 2.24) is 5.32 Å². The molecule has 0 radical (unpaired) electrons. The van der Waals surface area contributed by atoms with E-state index in [1.54, 1.807) is 13.1 Å². The number of halogens is 1. The lowest BCUT2D eigenvalue weighted by molar-refractivity contribution is 0.142. The molecule has 1 aliphatic rings. The summed E-state index contributed by atoms with van der Waals surface area (Å²) in [6, 6.07) is 20.1. The van der Waals surface area contributed by atoms with Gasteiger partial charge in [-0.3, -0.25) is 0 Å². The lowest BCUT2D eigenvalue weighted by Crippen LogP contribution is -2.25. The van der Waals surface area contributed by atoms with Gasteiger partial charge in [0.1, 0.15) is 11.5 Å². The molecule has 0 aromatic heterocycles. The van der Waals surface area contributed by atoms with Gasteiger partial charge in [-0.25, -0.2) is 4.79 Å². The van der Waals surface area contributed by atoms with Crippen LogP contribution in [0.5, 0.6) is 0 Å². The molecule has 2 N–H and O–H groups in total. The van der Waals surface area contributed by atoms with Crippen LogP contribution in [0.3, 0.4) is 0 Å². The normalized spacial score (nSPS) is 12.7. The highest BCUT2D eigenvalue weighted by molar-refractivity contribution is 7.86. The highest BCUT2D eigenvalue weighted by atomic mass is 32.3. The summed E-state index contributed by atoms with van der Waals surface area (Å²) in [4.78, 5) is 11.8. The predicted molar refractivity (Wildman–Crippen MR) is 116 cm³/mol. The fraction of sp³-hybridized carbons (Fsp3) is 0.174. The minimum Gasteiger partial charge on any atom is -0.449 e. The van der Waals surface area contributed by atoms with Crippen LogP contribution < -0.4 is 10.6 Å². The summed E-state index contributed by atoms with van der Waals surface area (Å²) in [5.74, 6) is -0.0611. The second kappa shape index (κ2) is 8.39. The van der Waals surface area contributed by atoms with Crippen LogP contribution in [0.25, 0.3) is 11.1 Å². The summed E-state index contributed by atoms with van der Waals surface area (Å²) < 4.78 is 41.3. The molecule has 3 aromatic carbocycles. The van der Waals surface area contributed by atoms with Crippen LogP contribution in [0, 0.1) is 0 Å². The third kappa shape index (κ3) is 4.39. The third-order valence-electron chi connectivity index (χ3n) is 5.32. The predicted octanol–water partition coefficient (Wildman–Crippen LogP) is 4.43. The number of carbonyl (C=O) groups excluding carboxylic acids is 1. The van der Waals surface area contributed by atoms with Gasteiger partial charge in [-0.05, 0) is 46.0 Å². The maximum Gasteiger partial charge on any atom is 0.407 e. The first-order valence-corrected chi connectivity index (χ1v) is 11.1. The minimum absolute atomic E-state index is 0.00524. The first kappa shape index (κ1) is 20.9. The summed E-state index contributed by atoms with van der Waals surface area (Å²) >= 11 is 0. The number of hydrogen-bond acceptors (Lipinski definition) is 5. The van der Waals surface area contributed by atoms with Gasteiger partial charge >= 0.3 is 16.3 Å². The van der Waals surface area contributed by atoms with E-state index >= 15 is 0 Å². The monoisotopic (exact) mass is 440 g/mol. The van der Waals surface area contributed by atoms with Crippen LogP contribution >= 0.6 is 0 Å². The molecule has 3 aromatic rings. The van der Waals surface area contributed by atoms with Crippen molar-refractivity contribution in [3.63, 3.8) is 0 Å². The number of anilines is 1. The van der Waals surface area contributed by atoms with Gasteiger partial charge in [0.2, 0.25) is 0 Å². The van der Waals surface area contributed by atoms with E-state index in [0.717, 1.165) is 22.3 Å². The molecule has 0 bridgehead atoms. The average molecular weight is 440 g/mol. The molecule has 1 amide bonds. The number of amides is 1. The SMILES string of the molecule is CNc1cc(CNC(=O)OCC2c3ccccc3-c3ccccc32)cc(S(=O)(=O)F)c1. The number of nitrogens with one attached hydrogen (secondary N) is 2. The minimum atomic E-state index is -4.86. The fourth-order valence-electron chi connectivity index (χ4n) is 3.87. The Labute approximate surface area is 180 Å². The molecule has 0 aliphatic heterocycles. The molecule has 160 valence electrons. The Morgan fingerprint density at radius 2 is 1.61 bits per heavy atom. The van der Waals surface area contributed by atoms with Crippen molar-refractivity contribution in [2.75, 3.05) is 19.0 Å². The molecule has 0 atom stereocenters. The molecule has 0 spiro atoms. The van der Waals surface area contributed by atoms with Crippen molar-refractivity contribution in [3.05, 3.63) is 83.4 Å². The molecule has 8 heteroatoms. The van der Waals surface area contributed by atoms with Crippen LogP contribution in [0.1, 0.15) is 22.6 Å². The van der Waals surface area contributed by atoms with E-state index in [1.807, 2.05) is 36.4 Å². The van der Waals surface area contributed by atoms with E-state index in [4.69, 9.17) is 4.74 Å². The number of fused-ring (bicyclic) bond motifs is 3. The largest absolute Gasteiger partial charge is 0.449 e. The molecular formula is C23H21FN2O4S. The van der Waals surface area contributed by atoms with E-state index in [9.17, 15) is 17.1 Å². The first-order valence-electron chi connectivity index (χ1n) is 9.72. The molecular weight excluding hydrogens is 419 g/mol. The van der Waals surface area contributed by atoms with Crippen molar-refractivity contribution in [2.45, 2.75) is 17.4 Å². The Bertz CT molecular complexity index is 1200. The van der Waals surface area contributed by atoms with Crippen molar-refractivity contribution in [2.24, 2.45) is 0 Å². The summed E-state index contributed by atoms with van der Waals surface area (Å²) in [6.07, 6.45) is -0.638. The molecule has 4 rings (SSSR count). The van der Waals surface area contributed by atoms with Gasteiger partial charge in [0, 0.05) is 25.2 Å².